The maximum Gasteiger partial charge on any atom is 0.0349 e. The number of hydrogen-bond donors (Lipinski definition) is 0. The lowest BCUT2D eigenvalue weighted by Crippen LogP contribution is -2.21. The second-order valence-corrected chi connectivity index (χ2v) is 9.20. The quantitative estimate of drug-likeness (QED) is 0.264. The van der Waals surface area contributed by atoms with Crippen molar-refractivity contribution in [1.82, 2.24) is 0 Å². The van der Waals surface area contributed by atoms with Crippen molar-refractivity contribution in [1.29, 1.82) is 0 Å². The van der Waals surface area contributed by atoms with E-state index in [0.717, 1.165) is 32.1 Å². The van der Waals surface area contributed by atoms with Crippen LogP contribution in [0, 0.1) is 20.8 Å². The molecule has 33 heavy (non-hydrogen) atoms. The molecule has 0 aliphatic carbocycles. The van der Waals surface area contributed by atoms with Crippen LogP contribution >= 0.6 is 0 Å². The molecule has 0 nitrogen and oxygen atoms in total. The second kappa shape index (κ2) is 12.2. The highest BCUT2D eigenvalue weighted by Gasteiger charge is 2.26. The maximum atomic E-state index is 4.10. The largest absolute Gasteiger partial charge is 0.103 e. The van der Waals surface area contributed by atoms with Crippen LogP contribution in [-0.2, 0) is 18.3 Å². The molecule has 1 unspecified atom stereocenters. The highest BCUT2D eigenvalue weighted by Crippen LogP contribution is 2.35. The van der Waals surface area contributed by atoms with Crippen molar-refractivity contribution < 1.29 is 0 Å². The molecule has 0 bridgehead atoms. The Balaban J connectivity index is 1.80. The van der Waals surface area contributed by atoms with Crippen LogP contribution in [0.3, 0.4) is 0 Å². The van der Waals surface area contributed by atoms with E-state index in [1.165, 1.54) is 33.4 Å². The Morgan fingerprint density at radius 2 is 1.36 bits per heavy atom. The summed E-state index contributed by atoms with van der Waals surface area (Å²) in [6, 6.07) is 26.5. The molecule has 0 aliphatic heterocycles. The fourth-order valence-corrected chi connectivity index (χ4v) is 4.52. The summed E-state index contributed by atoms with van der Waals surface area (Å²) in [5, 5.41) is 0. The topological polar surface area (TPSA) is 0 Å². The lowest BCUT2D eigenvalue weighted by atomic mass is 9.74. The molecule has 0 radical (unpaired) electrons. The van der Waals surface area contributed by atoms with E-state index in [4.69, 9.17) is 0 Å². The lowest BCUT2D eigenvalue weighted by molar-refractivity contribution is 0.670. The van der Waals surface area contributed by atoms with Crippen molar-refractivity contribution in [2.75, 3.05) is 0 Å². The monoisotopic (exact) mass is 434 g/mol. The van der Waals surface area contributed by atoms with Gasteiger partial charge in [-0.3, -0.25) is 0 Å². The standard InChI is InChI=1S/C33H38/c1-5-23-33(32-18-7-6-14-29(32)4,24-10-8-15-30-21-19-27(2)20-22-30)25-11-9-16-31-17-12-13-28(3)26-31/h5-7,10-14,17-22,24-26H,1,8-9,15-16,23H2,2-4H3. The molecule has 0 aliphatic rings. The van der Waals surface area contributed by atoms with E-state index in [9.17, 15) is 0 Å². The van der Waals surface area contributed by atoms with Crippen LogP contribution in [0.4, 0.5) is 0 Å². The molecule has 0 N–H and O–H groups in total. The molecule has 0 aromatic heterocycles. The first-order valence-electron chi connectivity index (χ1n) is 12.2. The molecule has 170 valence electrons. The van der Waals surface area contributed by atoms with Gasteiger partial charge in [-0.05, 0) is 75.1 Å². The van der Waals surface area contributed by atoms with Crippen molar-refractivity contribution in [3.63, 3.8) is 0 Å². The molecule has 3 aromatic carbocycles. The van der Waals surface area contributed by atoms with E-state index < -0.39 is 0 Å². The molecular weight excluding hydrogens is 396 g/mol. The Bertz CT molecular complexity index is 1080. The normalized spacial score (nSPS) is 13.4. The summed E-state index contributed by atoms with van der Waals surface area (Å²) in [5.41, 5.74) is 7.97. The van der Waals surface area contributed by atoms with Gasteiger partial charge in [0.25, 0.3) is 0 Å². The minimum Gasteiger partial charge on any atom is -0.103 e. The van der Waals surface area contributed by atoms with Crippen LogP contribution in [-0.4, -0.2) is 0 Å². The van der Waals surface area contributed by atoms with E-state index >= 15 is 0 Å². The second-order valence-electron chi connectivity index (χ2n) is 9.20. The Morgan fingerprint density at radius 1 is 0.697 bits per heavy atom. The Kier molecular flexibility index (Phi) is 9.07. The zero-order valence-corrected chi connectivity index (χ0v) is 20.6. The Labute approximate surface area is 201 Å². The van der Waals surface area contributed by atoms with E-state index in [1.807, 2.05) is 0 Å². The summed E-state index contributed by atoms with van der Waals surface area (Å²) in [4.78, 5) is 0. The first kappa shape index (κ1) is 24.5. The summed E-state index contributed by atoms with van der Waals surface area (Å²) in [6.45, 7) is 10.6. The molecule has 3 aromatic rings. The number of benzene rings is 3. The van der Waals surface area contributed by atoms with Gasteiger partial charge in [0.15, 0.2) is 0 Å². The third kappa shape index (κ3) is 7.19. The maximum absolute atomic E-state index is 4.10. The van der Waals surface area contributed by atoms with Gasteiger partial charge >= 0.3 is 0 Å². The number of hydrogen-bond acceptors (Lipinski definition) is 0. The zero-order chi connectivity index (χ0) is 23.5. The minimum atomic E-state index is -0.160. The van der Waals surface area contributed by atoms with E-state index in [2.05, 4.69) is 131 Å². The fourth-order valence-electron chi connectivity index (χ4n) is 4.52. The average molecular weight is 435 g/mol. The summed E-state index contributed by atoms with van der Waals surface area (Å²) in [5.74, 6) is 0. The number of rotatable bonds is 11. The van der Waals surface area contributed by atoms with Crippen molar-refractivity contribution >= 4 is 0 Å². The van der Waals surface area contributed by atoms with Gasteiger partial charge in [0.1, 0.15) is 0 Å². The molecule has 0 amide bonds. The Hall–Kier alpha value is -3.12. The smallest absolute Gasteiger partial charge is 0.0349 e. The van der Waals surface area contributed by atoms with Gasteiger partial charge in [-0.25, -0.2) is 0 Å². The van der Waals surface area contributed by atoms with Crippen molar-refractivity contribution in [2.24, 2.45) is 0 Å². The van der Waals surface area contributed by atoms with Gasteiger partial charge in [0.05, 0.1) is 0 Å². The predicted octanol–water partition coefficient (Wildman–Crippen LogP) is 8.80. The molecular formula is C33H38. The Morgan fingerprint density at radius 3 is 2.00 bits per heavy atom. The first-order valence-corrected chi connectivity index (χ1v) is 12.2. The number of aryl methyl sites for hydroxylation is 5. The third-order valence-electron chi connectivity index (χ3n) is 6.36. The van der Waals surface area contributed by atoms with E-state index in [0.29, 0.717) is 0 Å². The fraction of sp³-hybridized carbons (Fsp3) is 0.273. The average Bonchev–Trinajstić information content (AvgIpc) is 2.81. The molecule has 0 heteroatoms. The zero-order valence-electron chi connectivity index (χ0n) is 20.6. The molecule has 0 spiro atoms. The summed E-state index contributed by atoms with van der Waals surface area (Å²) in [7, 11) is 0. The highest BCUT2D eigenvalue weighted by molar-refractivity contribution is 5.43. The summed E-state index contributed by atoms with van der Waals surface area (Å²) < 4.78 is 0. The molecule has 0 heterocycles. The van der Waals surface area contributed by atoms with E-state index in [1.54, 1.807) is 0 Å². The lowest BCUT2D eigenvalue weighted by Gasteiger charge is -2.29. The SMILES string of the molecule is C=CCC(C=CCCc1ccc(C)cc1)(C=CCCc1cccc(C)c1)c1ccccc1C. The van der Waals surface area contributed by atoms with Gasteiger partial charge in [-0.2, -0.15) is 0 Å². The van der Waals surface area contributed by atoms with Crippen LogP contribution in [0.15, 0.2) is 110 Å². The van der Waals surface area contributed by atoms with Gasteiger partial charge in [0.2, 0.25) is 0 Å². The third-order valence-corrected chi connectivity index (χ3v) is 6.36. The van der Waals surface area contributed by atoms with Gasteiger partial charge < -0.3 is 0 Å². The summed E-state index contributed by atoms with van der Waals surface area (Å²) >= 11 is 0. The molecule has 0 saturated carbocycles. The molecule has 0 saturated heterocycles. The van der Waals surface area contributed by atoms with E-state index in [-0.39, 0.29) is 5.41 Å². The summed E-state index contributed by atoms with van der Waals surface area (Å²) in [6.07, 6.45) is 16.7. The predicted molar refractivity (Wildman–Crippen MR) is 145 cm³/mol. The van der Waals surface area contributed by atoms with Crippen LogP contribution in [0.2, 0.25) is 0 Å². The number of allylic oxidation sites excluding steroid dienone is 5. The van der Waals surface area contributed by atoms with Crippen LogP contribution in [0.25, 0.3) is 0 Å². The van der Waals surface area contributed by atoms with Crippen molar-refractivity contribution in [2.45, 2.75) is 58.3 Å². The molecule has 3 rings (SSSR count). The molecule has 0 fully saturated rings. The minimum absolute atomic E-state index is 0.160. The van der Waals surface area contributed by atoms with Gasteiger partial charge in [-0.15, -0.1) is 6.58 Å². The molecule has 1 atom stereocenters. The van der Waals surface area contributed by atoms with Crippen LogP contribution < -0.4 is 0 Å². The van der Waals surface area contributed by atoms with Gasteiger partial charge in [-0.1, -0.05) is 114 Å². The first-order chi connectivity index (χ1) is 16.0. The van der Waals surface area contributed by atoms with Crippen molar-refractivity contribution in [3.05, 3.63) is 143 Å². The van der Waals surface area contributed by atoms with Crippen molar-refractivity contribution in [3.8, 4) is 0 Å². The van der Waals surface area contributed by atoms with Gasteiger partial charge in [0, 0.05) is 5.41 Å². The highest BCUT2D eigenvalue weighted by atomic mass is 14.3. The van der Waals surface area contributed by atoms with Crippen LogP contribution in [0.5, 0.6) is 0 Å². The van der Waals surface area contributed by atoms with Crippen LogP contribution in [0.1, 0.15) is 52.6 Å².